The molecule has 0 bridgehead atoms. The molecule has 1 aliphatic rings. The first kappa shape index (κ1) is 16.3. The molecule has 0 aliphatic carbocycles. The fourth-order valence-electron chi connectivity index (χ4n) is 1.78. The second-order valence-corrected chi connectivity index (χ2v) is 5.27. The number of barbiturate groups is 1. The molecule has 1 saturated heterocycles. The molecular formula is C14H12Cl2N2O4. The van der Waals surface area contributed by atoms with Gasteiger partial charge in [0.15, 0.2) is 5.75 Å². The van der Waals surface area contributed by atoms with Crippen LogP contribution in [0.15, 0.2) is 17.7 Å². The van der Waals surface area contributed by atoms with Crippen LogP contribution in [0.5, 0.6) is 5.75 Å². The Morgan fingerprint density at radius 2 is 1.64 bits per heavy atom. The van der Waals surface area contributed by atoms with Crippen molar-refractivity contribution in [3.05, 3.63) is 33.3 Å². The summed E-state index contributed by atoms with van der Waals surface area (Å²) in [6.45, 7) is 2.41. The molecule has 6 nitrogen and oxygen atoms in total. The zero-order chi connectivity index (χ0) is 16.3. The third kappa shape index (κ3) is 3.58. The van der Waals surface area contributed by atoms with Gasteiger partial charge in [0.25, 0.3) is 11.8 Å². The van der Waals surface area contributed by atoms with Gasteiger partial charge in [-0.15, -0.1) is 0 Å². The van der Waals surface area contributed by atoms with Crippen molar-refractivity contribution in [3.8, 4) is 5.75 Å². The van der Waals surface area contributed by atoms with Crippen molar-refractivity contribution in [3.63, 3.8) is 0 Å². The summed E-state index contributed by atoms with van der Waals surface area (Å²) in [6, 6.07) is 2.18. The van der Waals surface area contributed by atoms with Crippen LogP contribution < -0.4 is 15.4 Å². The van der Waals surface area contributed by atoms with Gasteiger partial charge in [0.1, 0.15) is 5.57 Å². The molecule has 1 aliphatic heterocycles. The van der Waals surface area contributed by atoms with Crippen molar-refractivity contribution >= 4 is 47.1 Å². The fraction of sp³-hybridized carbons (Fsp3) is 0.214. The predicted molar refractivity (Wildman–Crippen MR) is 81.9 cm³/mol. The molecule has 116 valence electrons. The molecule has 0 atom stereocenters. The van der Waals surface area contributed by atoms with Gasteiger partial charge in [0.2, 0.25) is 0 Å². The molecule has 1 heterocycles. The lowest BCUT2D eigenvalue weighted by atomic mass is 10.1. The number of benzene rings is 1. The summed E-state index contributed by atoms with van der Waals surface area (Å²) in [6.07, 6.45) is 2.09. The van der Waals surface area contributed by atoms with Crippen molar-refractivity contribution in [2.75, 3.05) is 6.61 Å². The highest BCUT2D eigenvalue weighted by molar-refractivity contribution is 6.37. The maximum Gasteiger partial charge on any atom is 0.328 e. The van der Waals surface area contributed by atoms with Gasteiger partial charge in [-0.1, -0.05) is 30.1 Å². The first-order chi connectivity index (χ1) is 10.4. The molecule has 2 N–H and O–H groups in total. The minimum Gasteiger partial charge on any atom is -0.490 e. The van der Waals surface area contributed by atoms with E-state index in [1.54, 1.807) is 0 Å². The molecule has 0 aromatic heterocycles. The number of hydrogen-bond acceptors (Lipinski definition) is 4. The molecule has 22 heavy (non-hydrogen) atoms. The molecule has 1 aromatic carbocycles. The molecular weight excluding hydrogens is 331 g/mol. The van der Waals surface area contributed by atoms with Crippen molar-refractivity contribution < 1.29 is 19.1 Å². The molecule has 0 spiro atoms. The van der Waals surface area contributed by atoms with E-state index in [4.69, 9.17) is 27.9 Å². The average Bonchev–Trinajstić information content (AvgIpc) is 2.42. The number of hydrogen-bond donors (Lipinski definition) is 2. The highest BCUT2D eigenvalue weighted by Gasteiger charge is 2.27. The van der Waals surface area contributed by atoms with Crippen LogP contribution in [0, 0.1) is 0 Å². The van der Waals surface area contributed by atoms with E-state index in [1.165, 1.54) is 18.2 Å². The van der Waals surface area contributed by atoms with Crippen LogP contribution in [-0.2, 0) is 9.59 Å². The van der Waals surface area contributed by atoms with E-state index in [9.17, 15) is 14.4 Å². The van der Waals surface area contributed by atoms with Gasteiger partial charge < -0.3 is 4.74 Å². The third-order valence-electron chi connectivity index (χ3n) is 2.73. The Morgan fingerprint density at radius 1 is 1.09 bits per heavy atom. The van der Waals surface area contributed by atoms with E-state index in [0.717, 1.165) is 6.42 Å². The van der Waals surface area contributed by atoms with Crippen LogP contribution in [0.3, 0.4) is 0 Å². The zero-order valence-corrected chi connectivity index (χ0v) is 13.0. The van der Waals surface area contributed by atoms with Gasteiger partial charge in [-0.05, 0) is 30.2 Å². The number of nitrogens with one attached hydrogen (secondary N) is 2. The topological polar surface area (TPSA) is 84.5 Å². The highest BCUT2D eigenvalue weighted by atomic mass is 35.5. The molecule has 1 fully saturated rings. The summed E-state index contributed by atoms with van der Waals surface area (Å²) in [5.74, 6) is -1.22. The summed E-state index contributed by atoms with van der Waals surface area (Å²) in [5, 5.41) is 4.49. The Morgan fingerprint density at radius 3 is 2.14 bits per heavy atom. The molecule has 0 radical (unpaired) electrons. The van der Waals surface area contributed by atoms with E-state index in [0.29, 0.717) is 17.9 Å². The molecule has 0 saturated carbocycles. The molecule has 2 rings (SSSR count). The summed E-state index contributed by atoms with van der Waals surface area (Å²) >= 11 is 12.2. The Balaban J connectivity index is 2.34. The average molecular weight is 343 g/mol. The van der Waals surface area contributed by atoms with Crippen LogP contribution in [0.4, 0.5) is 4.79 Å². The van der Waals surface area contributed by atoms with Crippen LogP contribution in [0.2, 0.25) is 10.0 Å². The second-order valence-electron chi connectivity index (χ2n) is 4.46. The maximum absolute atomic E-state index is 11.6. The van der Waals surface area contributed by atoms with Crippen molar-refractivity contribution in [1.29, 1.82) is 0 Å². The fourth-order valence-corrected chi connectivity index (χ4v) is 2.39. The summed E-state index contributed by atoms with van der Waals surface area (Å²) < 4.78 is 5.43. The molecule has 4 amide bonds. The number of rotatable bonds is 4. The van der Waals surface area contributed by atoms with Gasteiger partial charge in [-0.2, -0.15) is 0 Å². The zero-order valence-electron chi connectivity index (χ0n) is 11.5. The van der Waals surface area contributed by atoms with Crippen molar-refractivity contribution in [2.45, 2.75) is 13.3 Å². The first-order valence-electron chi connectivity index (χ1n) is 6.42. The Kier molecular flexibility index (Phi) is 5.05. The third-order valence-corrected chi connectivity index (χ3v) is 3.29. The quantitative estimate of drug-likeness (QED) is 0.650. The van der Waals surface area contributed by atoms with E-state index in [1.807, 2.05) is 17.6 Å². The van der Waals surface area contributed by atoms with Gasteiger partial charge >= 0.3 is 6.03 Å². The number of imide groups is 2. The number of amides is 4. The lowest BCUT2D eigenvalue weighted by Gasteiger charge is -2.14. The van der Waals surface area contributed by atoms with Crippen molar-refractivity contribution in [2.24, 2.45) is 0 Å². The van der Waals surface area contributed by atoms with Gasteiger partial charge in [0, 0.05) is 0 Å². The van der Waals surface area contributed by atoms with Crippen LogP contribution in [-0.4, -0.2) is 24.5 Å². The second kappa shape index (κ2) is 6.81. The number of ether oxygens (including phenoxy) is 1. The number of urea groups is 1. The molecule has 8 heteroatoms. The largest absolute Gasteiger partial charge is 0.490 e. The summed E-state index contributed by atoms with van der Waals surface area (Å²) in [4.78, 5) is 34.3. The number of carbonyl (C=O) groups excluding carboxylic acids is 3. The molecule has 1 aromatic rings. The van der Waals surface area contributed by atoms with Crippen LogP contribution in [0.1, 0.15) is 18.9 Å². The lowest BCUT2D eigenvalue weighted by Crippen LogP contribution is -2.51. The van der Waals surface area contributed by atoms with Crippen molar-refractivity contribution in [1.82, 2.24) is 10.6 Å². The number of carbonyl (C=O) groups is 3. The Bertz CT molecular complexity index is 640. The highest BCUT2D eigenvalue weighted by Crippen LogP contribution is 2.35. The Labute approximate surface area is 136 Å². The minimum atomic E-state index is -0.855. The lowest BCUT2D eigenvalue weighted by molar-refractivity contribution is -0.123. The van der Waals surface area contributed by atoms with Crippen LogP contribution in [0.25, 0.3) is 6.08 Å². The van der Waals surface area contributed by atoms with E-state index < -0.39 is 17.8 Å². The van der Waals surface area contributed by atoms with E-state index in [-0.39, 0.29) is 15.6 Å². The first-order valence-corrected chi connectivity index (χ1v) is 7.18. The SMILES string of the molecule is CCCOc1c(Cl)cc(C=C2C(=O)NC(=O)NC2=O)cc1Cl. The predicted octanol–water partition coefficient (Wildman–Crippen LogP) is 2.53. The normalized spacial score (nSPS) is 14.5. The van der Waals surface area contributed by atoms with Crippen LogP contribution >= 0.6 is 23.2 Å². The summed E-state index contributed by atoms with van der Waals surface area (Å²) in [7, 11) is 0. The standard InChI is InChI=1S/C14H12Cl2N2O4/c1-2-3-22-11-9(15)5-7(6-10(11)16)4-8-12(19)17-14(21)18-13(8)20/h4-6H,2-3H2,1H3,(H2,17,18,19,20,21). The van der Waals surface area contributed by atoms with Gasteiger partial charge in [0.05, 0.1) is 16.7 Å². The Hall–Kier alpha value is -2.05. The van der Waals surface area contributed by atoms with Gasteiger partial charge in [-0.3, -0.25) is 20.2 Å². The van der Waals surface area contributed by atoms with E-state index in [2.05, 4.69) is 0 Å². The number of halogens is 2. The molecule has 0 unspecified atom stereocenters. The van der Waals surface area contributed by atoms with Gasteiger partial charge in [-0.25, -0.2) is 4.79 Å². The summed E-state index contributed by atoms with van der Waals surface area (Å²) in [5.41, 5.74) is 0.224. The smallest absolute Gasteiger partial charge is 0.328 e. The van der Waals surface area contributed by atoms with E-state index >= 15 is 0 Å². The minimum absolute atomic E-state index is 0.214. The maximum atomic E-state index is 11.6. The monoisotopic (exact) mass is 342 g/mol.